The van der Waals surface area contributed by atoms with Crippen LogP contribution in [0.15, 0.2) is 30.3 Å². The van der Waals surface area contributed by atoms with Crippen molar-refractivity contribution in [2.45, 2.75) is 13.8 Å². The molecule has 2 rings (SSSR count). The number of hydrogen-bond donors (Lipinski definition) is 2. The third-order valence-corrected chi connectivity index (χ3v) is 3.12. The molecule has 0 aliphatic rings. The Kier molecular flexibility index (Phi) is 4.12. The minimum absolute atomic E-state index is 0.0870. The molecule has 1 amide bonds. The normalized spacial score (nSPS) is 10.3. The van der Waals surface area contributed by atoms with E-state index in [1.165, 1.54) is 19.2 Å². The highest BCUT2D eigenvalue weighted by atomic mass is 19.1. The summed E-state index contributed by atoms with van der Waals surface area (Å²) in [6.45, 7) is 3.45. The van der Waals surface area contributed by atoms with E-state index in [-0.39, 0.29) is 5.56 Å². The third-order valence-electron chi connectivity index (χ3n) is 3.12. The maximum absolute atomic E-state index is 14.0. The van der Waals surface area contributed by atoms with Gasteiger partial charge in [0.2, 0.25) is 0 Å². The van der Waals surface area contributed by atoms with Gasteiger partial charge in [-0.15, -0.1) is 0 Å². The maximum Gasteiger partial charge on any atom is 0.258 e. The molecule has 3 N–H and O–H groups in total. The van der Waals surface area contributed by atoms with Gasteiger partial charge < -0.3 is 15.8 Å². The second-order valence-electron chi connectivity index (χ2n) is 4.86. The first kappa shape index (κ1) is 14.8. The topological polar surface area (TPSA) is 64.3 Å². The molecule has 0 aliphatic carbocycles. The molecule has 21 heavy (non-hydrogen) atoms. The van der Waals surface area contributed by atoms with Gasteiger partial charge in [-0.25, -0.2) is 4.39 Å². The highest BCUT2D eigenvalue weighted by Crippen LogP contribution is 2.26. The zero-order chi connectivity index (χ0) is 15.6. The summed E-state index contributed by atoms with van der Waals surface area (Å²) in [5, 5.41) is 2.65. The van der Waals surface area contributed by atoms with E-state index in [1.54, 1.807) is 19.1 Å². The maximum atomic E-state index is 14.0. The molecule has 0 atom stereocenters. The minimum atomic E-state index is -0.576. The molecule has 0 aliphatic heterocycles. The SMILES string of the molecule is COc1ccc(C)cc1NC(=O)c1cc(N)cc(C)c1F. The molecule has 2 aromatic rings. The third kappa shape index (κ3) is 3.13. The van der Waals surface area contributed by atoms with E-state index in [9.17, 15) is 9.18 Å². The number of halogens is 1. The molecule has 0 bridgehead atoms. The van der Waals surface area contributed by atoms with E-state index >= 15 is 0 Å². The fourth-order valence-electron chi connectivity index (χ4n) is 2.07. The molecule has 0 unspecified atom stereocenters. The number of carbonyl (C=O) groups excluding carboxylic acids is 1. The number of anilines is 2. The average Bonchev–Trinajstić information content (AvgIpc) is 2.43. The number of hydrogen-bond acceptors (Lipinski definition) is 3. The van der Waals surface area contributed by atoms with Gasteiger partial charge in [0.25, 0.3) is 5.91 Å². The summed E-state index contributed by atoms with van der Waals surface area (Å²) in [5.41, 5.74) is 7.70. The molecule has 0 heterocycles. The lowest BCUT2D eigenvalue weighted by Gasteiger charge is -2.12. The van der Waals surface area contributed by atoms with Gasteiger partial charge in [0.05, 0.1) is 18.4 Å². The van der Waals surface area contributed by atoms with Crippen molar-refractivity contribution in [3.8, 4) is 5.75 Å². The zero-order valence-corrected chi connectivity index (χ0v) is 12.2. The number of ether oxygens (including phenoxy) is 1. The van der Waals surface area contributed by atoms with Crippen molar-refractivity contribution in [1.29, 1.82) is 0 Å². The van der Waals surface area contributed by atoms with Crippen molar-refractivity contribution in [3.63, 3.8) is 0 Å². The van der Waals surface area contributed by atoms with Gasteiger partial charge in [-0.2, -0.15) is 0 Å². The number of nitrogens with one attached hydrogen (secondary N) is 1. The molecule has 0 fully saturated rings. The summed E-state index contributed by atoms with van der Waals surface area (Å²) in [7, 11) is 1.51. The second-order valence-corrected chi connectivity index (χ2v) is 4.86. The van der Waals surface area contributed by atoms with E-state index in [0.717, 1.165) is 5.56 Å². The predicted octanol–water partition coefficient (Wildman–Crippen LogP) is 3.29. The fraction of sp³-hybridized carbons (Fsp3) is 0.188. The summed E-state index contributed by atoms with van der Waals surface area (Å²) >= 11 is 0. The van der Waals surface area contributed by atoms with Crippen LogP contribution in [0.5, 0.6) is 5.75 Å². The standard InChI is InChI=1S/C16H17FN2O2/c1-9-4-5-14(21-3)13(6-9)19-16(20)12-8-11(18)7-10(2)15(12)17/h4-8H,18H2,1-3H3,(H,19,20). The summed E-state index contributed by atoms with van der Waals surface area (Å²) in [5.74, 6) is -0.630. The van der Waals surface area contributed by atoms with Crippen molar-refractivity contribution in [2.24, 2.45) is 0 Å². The number of aryl methyl sites for hydroxylation is 2. The quantitative estimate of drug-likeness (QED) is 0.852. The van der Waals surface area contributed by atoms with E-state index in [1.807, 2.05) is 13.0 Å². The van der Waals surface area contributed by atoms with Crippen molar-refractivity contribution in [3.05, 3.63) is 52.8 Å². The van der Waals surface area contributed by atoms with Crippen LogP contribution in [0, 0.1) is 19.7 Å². The van der Waals surface area contributed by atoms with Crippen LogP contribution in [0.4, 0.5) is 15.8 Å². The minimum Gasteiger partial charge on any atom is -0.495 e. The number of methoxy groups -OCH3 is 1. The number of carbonyl (C=O) groups is 1. The number of nitrogen functional groups attached to an aromatic ring is 1. The second kappa shape index (κ2) is 5.83. The average molecular weight is 288 g/mol. The molecular weight excluding hydrogens is 271 g/mol. The Hall–Kier alpha value is -2.56. The predicted molar refractivity (Wildman–Crippen MR) is 81.2 cm³/mol. The Labute approximate surface area is 122 Å². The van der Waals surface area contributed by atoms with Gasteiger partial charge in [0.1, 0.15) is 11.6 Å². The van der Waals surface area contributed by atoms with Crippen LogP contribution in [-0.2, 0) is 0 Å². The van der Waals surface area contributed by atoms with E-state index in [4.69, 9.17) is 10.5 Å². The van der Waals surface area contributed by atoms with Crippen molar-refractivity contribution >= 4 is 17.3 Å². The fourth-order valence-corrected chi connectivity index (χ4v) is 2.07. The largest absolute Gasteiger partial charge is 0.495 e. The van der Waals surface area contributed by atoms with Crippen LogP contribution in [0.1, 0.15) is 21.5 Å². The Morgan fingerprint density at radius 3 is 2.62 bits per heavy atom. The molecule has 5 heteroatoms. The van der Waals surface area contributed by atoms with Gasteiger partial charge >= 0.3 is 0 Å². The molecule has 110 valence electrons. The van der Waals surface area contributed by atoms with E-state index < -0.39 is 11.7 Å². The molecule has 0 aromatic heterocycles. The smallest absolute Gasteiger partial charge is 0.258 e. The van der Waals surface area contributed by atoms with E-state index in [0.29, 0.717) is 22.7 Å². The summed E-state index contributed by atoms with van der Waals surface area (Å²) in [6, 6.07) is 8.17. The molecule has 4 nitrogen and oxygen atoms in total. The van der Waals surface area contributed by atoms with Gasteiger partial charge in [0, 0.05) is 5.69 Å². The van der Waals surface area contributed by atoms with Crippen molar-refractivity contribution < 1.29 is 13.9 Å². The molecule has 2 aromatic carbocycles. The summed E-state index contributed by atoms with van der Waals surface area (Å²) in [4.78, 5) is 12.3. The van der Waals surface area contributed by atoms with Gasteiger partial charge in [-0.05, 0) is 49.2 Å². The van der Waals surface area contributed by atoms with E-state index in [2.05, 4.69) is 5.32 Å². The first-order valence-corrected chi connectivity index (χ1v) is 6.44. The molecule has 0 saturated carbocycles. The summed E-state index contributed by atoms with van der Waals surface area (Å²) in [6.07, 6.45) is 0. The monoisotopic (exact) mass is 288 g/mol. The van der Waals surface area contributed by atoms with Crippen LogP contribution in [0.25, 0.3) is 0 Å². The molecule has 0 spiro atoms. The van der Waals surface area contributed by atoms with Crippen LogP contribution in [0.3, 0.4) is 0 Å². The van der Waals surface area contributed by atoms with Gasteiger partial charge in [-0.3, -0.25) is 4.79 Å². The summed E-state index contributed by atoms with van der Waals surface area (Å²) < 4.78 is 19.2. The van der Waals surface area contributed by atoms with Crippen LogP contribution in [0.2, 0.25) is 0 Å². The first-order chi connectivity index (χ1) is 9.92. The number of benzene rings is 2. The molecule has 0 radical (unpaired) electrons. The lowest BCUT2D eigenvalue weighted by Crippen LogP contribution is -2.15. The molecular formula is C16H17FN2O2. The lowest BCUT2D eigenvalue weighted by atomic mass is 10.1. The van der Waals surface area contributed by atoms with Gasteiger partial charge in [0.15, 0.2) is 0 Å². The molecule has 0 saturated heterocycles. The highest BCUT2D eigenvalue weighted by Gasteiger charge is 2.16. The Balaban J connectivity index is 2.37. The first-order valence-electron chi connectivity index (χ1n) is 6.44. The van der Waals surface area contributed by atoms with Crippen molar-refractivity contribution in [1.82, 2.24) is 0 Å². The van der Waals surface area contributed by atoms with Crippen LogP contribution in [-0.4, -0.2) is 13.0 Å². The Bertz CT molecular complexity index is 699. The number of amides is 1. The van der Waals surface area contributed by atoms with Crippen LogP contribution >= 0.6 is 0 Å². The Morgan fingerprint density at radius 2 is 1.95 bits per heavy atom. The number of nitrogens with two attached hydrogens (primary N) is 1. The number of rotatable bonds is 3. The zero-order valence-electron chi connectivity index (χ0n) is 12.2. The van der Waals surface area contributed by atoms with Gasteiger partial charge in [-0.1, -0.05) is 6.07 Å². The highest BCUT2D eigenvalue weighted by molar-refractivity contribution is 6.05. The lowest BCUT2D eigenvalue weighted by molar-refractivity contribution is 0.102. The Morgan fingerprint density at radius 1 is 1.24 bits per heavy atom. The van der Waals surface area contributed by atoms with Crippen molar-refractivity contribution in [2.75, 3.05) is 18.2 Å². The van der Waals surface area contributed by atoms with Crippen LogP contribution < -0.4 is 15.8 Å².